The van der Waals surface area contributed by atoms with Gasteiger partial charge in [-0.15, -0.1) is 0 Å². The molecule has 0 heterocycles. The van der Waals surface area contributed by atoms with Crippen molar-refractivity contribution in [2.24, 2.45) is 0 Å². The van der Waals surface area contributed by atoms with Crippen molar-refractivity contribution in [1.29, 1.82) is 0 Å². The van der Waals surface area contributed by atoms with Gasteiger partial charge in [0.2, 0.25) is 0 Å². The number of fused-ring (bicyclic) bond motifs is 7. The van der Waals surface area contributed by atoms with Crippen LogP contribution in [0.1, 0.15) is 24.1 Å². The predicted octanol–water partition coefficient (Wildman–Crippen LogP) is 6.64. The zero-order valence-electron chi connectivity index (χ0n) is 27.3. The molecular formula is C38H47N11. The molecule has 0 aliphatic rings. The molecule has 0 atom stereocenters. The highest BCUT2D eigenvalue weighted by Crippen LogP contribution is 2.41. The van der Waals surface area contributed by atoms with Crippen LogP contribution < -0.4 is 63.1 Å². The van der Waals surface area contributed by atoms with Gasteiger partial charge in [-0.05, 0) is 153 Å². The first-order valence-electron chi connectivity index (χ1n) is 15.1. The molecule has 0 fully saturated rings. The van der Waals surface area contributed by atoms with Gasteiger partial charge in [-0.3, -0.25) is 0 Å². The topological polar surface area (TPSA) is 286 Å². The molecule has 7 aromatic carbocycles. The minimum Gasteiger partial charge on any atom is -0.398 e. The minimum absolute atomic E-state index is 0. The van der Waals surface area contributed by atoms with Crippen LogP contribution in [0.5, 0.6) is 0 Å². The second-order valence-electron chi connectivity index (χ2n) is 12.2. The Bertz CT molecular complexity index is 1990. The second-order valence-corrected chi connectivity index (χ2v) is 12.2. The van der Waals surface area contributed by atoms with Crippen molar-refractivity contribution in [2.75, 3.05) is 63.1 Å². The predicted molar refractivity (Wildman–Crippen MR) is 219 cm³/mol. The van der Waals surface area contributed by atoms with Crippen molar-refractivity contribution in [2.45, 2.75) is 28.2 Å². The Balaban J connectivity index is 0.000000184. The van der Waals surface area contributed by atoms with Gasteiger partial charge in [-0.2, -0.15) is 0 Å². The summed E-state index contributed by atoms with van der Waals surface area (Å²) in [6.45, 7) is 5.86. The fraction of sp³-hybridized carbons (Fsp3) is 0.105. The molecule has 0 aliphatic heterocycles. The lowest BCUT2D eigenvalue weighted by Crippen LogP contribution is -1.98. The third-order valence-electron chi connectivity index (χ3n) is 8.62. The highest BCUT2D eigenvalue weighted by molar-refractivity contribution is 6.28. The largest absolute Gasteiger partial charge is 0.398 e. The molecule has 0 spiro atoms. The number of hydrogen-bond acceptors (Lipinski definition) is 11. The Labute approximate surface area is 285 Å². The Morgan fingerprint density at radius 2 is 0.469 bits per heavy atom. The van der Waals surface area contributed by atoms with Crippen LogP contribution >= 0.6 is 0 Å². The molecular weight excluding hydrogens is 610 g/mol. The van der Waals surface area contributed by atoms with E-state index in [0.29, 0.717) is 51.2 Å². The summed E-state index contributed by atoms with van der Waals surface area (Å²) in [5.74, 6) is 0. The fourth-order valence-corrected chi connectivity index (χ4v) is 5.61. The number of anilines is 11. The molecule has 0 aliphatic carbocycles. The summed E-state index contributed by atoms with van der Waals surface area (Å²) < 4.78 is 0. The Morgan fingerprint density at radius 3 is 0.898 bits per heavy atom. The molecule has 7 aromatic rings. The van der Waals surface area contributed by atoms with Crippen LogP contribution in [0.3, 0.4) is 0 Å². The number of nitrogens with two attached hydrogens (primary N) is 11. The fourth-order valence-electron chi connectivity index (χ4n) is 5.61. The van der Waals surface area contributed by atoms with Crippen LogP contribution in [0.2, 0.25) is 0 Å². The zero-order valence-corrected chi connectivity index (χ0v) is 27.3. The quantitative estimate of drug-likeness (QED) is 0.0607. The smallest absolute Gasteiger partial charge is 0.0568 e. The van der Waals surface area contributed by atoms with Crippen molar-refractivity contribution >= 4 is 106 Å². The summed E-state index contributed by atoms with van der Waals surface area (Å²) in [4.78, 5) is 0. The molecule has 0 saturated heterocycles. The SMILES string of the molecule is C.Cc1cc(N)c(N)cc1N.Cc1cc2c(cc1N)c1cc(N)c(N)cc1c1cc(N)c(N)cc21.Cc1cc2cc(N)c(N)cc2cc1N. The molecule has 7 rings (SSSR count). The van der Waals surface area contributed by atoms with Gasteiger partial charge in [0.15, 0.2) is 0 Å². The summed E-state index contributed by atoms with van der Waals surface area (Å²) in [5.41, 5.74) is 73.9. The molecule has 11 heteroatoms. The number of aryl methyl sites for hydroxylation is 3. The molecule has 0 saturated carbocycles. The average molecular weight is 658 g/mol. The Hall–Kier alpha value is -6.62. The van der Waals surface area contributed by atoms with E-state index in [9.17, 15) is 0 Å². The highest BCUT2D eigenvalue weighted by atomic mass is 14.7. The minimum atomic E-state index is 0. The molecule has 0 radical (unpaired) electrons. The number of hydrogen-bond donors (Lipinski definition) is 11. The molecule has 0 amide bonds. The van der Waals surface area contributed by atoms with Gasteiger partial charge in [0.1, 0.15) is 0 Å². The average Bonchev–Trinajstić information content (AvgIpc) is 3.01. The lowest BCUT2D eigenvalue weighted by atomic mass is 9.91. The maximum atomic E-state index is 6.14. The first-order valence-corrected chi connectivity index (χ1v) is 15.1. The molecule has 0 unspecified atom stereocenters. The van der Waals surface area contributed by atoms with E-state index in [0.717, 1.165) is 71.2 Å². The van der Waals surface area contributed by atoms with Crippen LogP contribution in [-0.4, -0.2) is 0 Å². The van der Waals surface area contributed by atoms with Gasteiger partial charge >= 0.3 is 0 Å². The van der Waals surface area contributed by atoms with Gasteiger partial charge in [0.25, 0.3) is 0 Å². The number of nitrogen functional groups attached to an aromatic ring is 11. The van der Waals surface area contributed by atoms with E-state index in [1.54, 1.807) is 12.1 Å². The van der Waals surface area contributed by atoms with E-state index in [1.165, 1.54) is 0 Å². The number of rotatable bonds is 0. The first kappa shape index (κ1) is 35.2. The van der Waals surface area contributed by atoms with Crippen molar-refractivity contribution < 1.29 is 0 Å². The highest BCUT2D eigenvalue weighted by Gasteiger charge is 2.13. The summed E-state index contributed by atoms with van der Waals surface area (Å²) >= 11 is 0. The maximum Gasteiger partial charge on any atom is 0.0568 e. The Morgan fingerprint density at radius 1 is 0.245 bits per heavy atom. The van der Waals surface area contributed by atoms with Gasteiger partial charge in [-0.1, -0.05) is 7.43 Å². The summed E-state index contributed by atoms with van der Waals surface area (Å²) in [7, 11) is 0. The maximum absolute atomic E-state index is 6.14. The van der Waals surface area contributed by atoms with Crippen LogP contribution in [-0.2, 0) is 0 Å². The molecule has 0 aromatic heterocycles. The van der Waals surface area contributed by atoms with Crippen LogP contribution in [0.4, 0.5) is 62.6 Å². The lowest BCUT2D eigenvalue weighted by Gasteiger charge is -2.15. The van der Waals surface area contributed by atoms with Crippen LogP contribution in [0, 0.1) is 20.8 Å². The van der Waals surface area contributed by atoms with E-state index in [4.69, 9.17) is 63.1 Å². The van der Waals surface area contributed by atoms with Crippen molar-refractivity contribution in [1.82, 2.24) is 0 Å². The van der Waals surface area contributed by atoms with E-state index >= 15 is 0 Å². The lowest BCUT2D eigenvalue weighted by molar-refractivity contribution is 1.47. The molecule has 49 heavy (non-hydrogen) atoms. The van der Waals surface area contributed by atoms with Crippen molar-refractivity contribution in [3.8, 4) is 0 Å². The molecule has 11 nitrogen and oxygen atoms in total. The summed E-state index contributed by atoms with van der Waals surface area (Å²) in [6.07, 6.45) is 0. The summed E-state index contributed by atoms with van der Waals surface area (Å²) in [6, 6.07) is 22.7. The third kappa shape index (κ3) is 6.77. The monoisotopic (exact) mass is 657 g/mol. The number of benzene rings is 7. The first-order chi connectivity index (χ1) is 22.5. The molecule has 22 N–H and O–H groups in total. The standard InChI is InChI=1S/C19H19N5.C11H13N3.C7H11N3.CH4/c1-8-2-9-10(3-15(8)20)12-5-17(22)19(24)7-14(12)13-6-18(23)16(21)4-11(9)13;1-6-2-7-4-10(13)11(14)5-8(7)3-9(6)12;1-4-2-6(9)7(10)3-5(4)8;/h2-7H,20-24H2,1H3;2-5H,12-14H2,1H3;2-3H,8-10H2,1H3;1H4. The molecule has 254 valence electrons. The second kappa shape index (κ2) is 13.2. The van der Waals surface area contributed by atoms with E-state index in [-0.39, 0.29) is 7.43 Å². The van der Waals surface area contributed by atoms with Crippen molar-refractivity contribution in [3.63, 3.8) is 0 Å². The van der Waals surface area contributed by atoms with E-state index in [1.807, 2.05) is 75.4 Å². The van der Waals surface area contributed by atoms with Crippen LogP contribution in [0.25, 0.3) is 43.1 Å². The zero-order chi connectivity index (χ0) is 35.2. The molecule has 0 bridgehead atoms. The van der Waals surface area contributed by atoms with Crippen molar-refractivity contribution in [3.05, 3.63) is 89.5 Å². The Kier molecular flexibility index (Phi) is 9.52. The van der Waals surface area contributed by atoms with Gasteiger partial charge < -0.3 is 63.1 Å². The van der Waals surface area contributed by atoms with Gasteiger partial charge in [-0.25, -0.2) is 0 Å². The normalized spacial score (nSPS) is 10.7. The van der Waals surface area contributed by atoms with E-state index < -0.39 is 0 Å². The third-order valence-corrected chi connectivity index (χ3v) is 8.62. The summed E-state index contributed by atoms with van der Waals surface area (Å²) in [5, 5.41) is 8.20. The van der Waals surface area contributed by atoms with E-state index in [2.05, 4.69) is 6.07 Å². The van der Waals surface area contributed by atoms with Gasteiger partial charge in [0.05, 0.1) is 45.5 Å². The van der Waals surface area contributed by atoms with Gasteiger partial charge in [0, 0.05) is 17.1 Å². The van der Waals surface area contributed by atoms with Crippen LogP contribution in [0.15, 0.2) is 72.8 Å².